The zero-order chi connectivity index (χ0) is 28.1. The molecule has 0 unspecified atom stereocenters. The lowest BCUT2D eigenvalue weighted by molar-refractivity contribution is -0.0258. The number of nitrogens with zero attached hydrogens (tertiary/aromatic N) is 4. The zero-order valence-corrected chi connectivity index (χ0v) is 24.3. The number of rotatable bonds is 13. The summed E-state index contributed by atoms with van der Waals surface area (Å²) in [5.41, 5.74) is 18.2. The van der Waals surface area contributed by atoms with Crippen LogP contribution >= 0.6 is 0 Å². The molecule has 214 valence electrons. The number of ether oxygens (including phenoxy) is 2. The van der Waals surface area contributed by atoms with Gasteiger partial charge in [-0.05, 0) is 82.3 Å². The van der Waals surface area contributed by atoms with Crippen molar-refractivity contribution in [1.29, 1.82) is 0 Å². The lowest BCUT2D eigenvalue weighted by Gasteiger charge is -2.27. The van der Waals surface area contributed by atoms with E-state index in [1.54, 1.807) is 0 Å². The lowest BCUT2D eigenvalue weighted by Crippen LogP contribution is -2.33. The first kappa shape index (κ1) is 28.5. The first-order chi connectivity index (χ1) is 19.4. The van der Waals surface area contributed by atoms with Crippen molar-refractivity contribution in [2.75, 3.05) is 45.1 Å². The molecule has 1 aliphatic heterocycles. The highest BCUT2D eigenvalue weighted by Crippen LogP contribution is 2.32. The summed E-state index contributed by atoms with van der Waals surface area (Å²) in [6, 6.07) is 15.6. The van der Waals surface area contributed by atoms with Crippen LogP contribution in [0.5, 0.6) is 0 Å². The Labute approximate surface area is 237 Å². The molecule has 0 aliphatic carbocycles. The second-order valence-electron chi connectivity index (χ2n) is 11.5. The number of fused-ring (bicyclic) bond motifs is 3. The first-order valence-electron chi connectivity index (χ1n) is 14.7. The molecule has 3 heterocycles. The van der Waals surface area contributed by atoms with E-state index in [1.807, 2.05) is 6.92 Å². The van der Waals surface area contributed by atoms with Crippen LogP contribution in [0.25, 0.3) is 21.9 Å². The smallest absolute Gasteiger partial charge is 0.152 e. The number of anilines is 1. The number of hydrogen-bond donors (Lipinski definition) is 2. The molecule has 0 radical (unpaired) electrons. The Bertz CT molecular complexity index is 1420. The monoisotopic (exact) mass is 544 g/mol. The minimum absolute atomic E-state index is 0.394. The molecule has 2 aromatic carbocycles. The maximum Gasteiger partial charge on any atom is 0.152 e. The van der Waals surface area contributed by atoms with E-state index in [9.17, 15) is 0 Å². The van der Waals surface area contributed by atoms with Crippen molar-refractivity contribution in [3.8, 4) is 0 Å². The molecular formula is C32H44N6O2. The predicted molar refractivity (Wildman–Crippen MR) is 162 cm³/mol. The number of pyridine rings is 1. The molecule has 0 atom stereocenters. The molecule has 0 spiro atoms. The van der Waals surface area contributed by atoms with Crippen molar-refractivity contribution >= 4 is 27.8 Å². The van der Waals surface area contributed by atoms with Gasteiger partial charge in [0.2, 0.25) is 0 Å². The number of aromatic nitrogens is 3. The molecule has 8 heteroatoms. The van der Waals surface area contributed by atoms with E-state index in [2.05, 4.69) is 65.8 Å². The van der Waals surface area contributed by atoms with Crippen LogP contribution < -0.4 is 11.5 Å². The zero-order valence-electron chi connectivity index (χ0n) is 24.3. The van der Waals surface area contributed by atoms with Gasteiger partial charge in [0.15, 0.2) is 5.82 Å². The van der Waals surface area contributed by atoms with Gasteiger partial charge in [-0.1, -0.05) is 36.4 Å². The molecular weight excluding hydrogens is 500 g/mol. The van der Waals surface area contributed by atoms with Crippen molar-refractivity contribution in [2.45, 2.75) is 65.2 Å². The van der Waals surface area contributed by atoms with Crippen molar-refractivity contribution in [2.24, 2.45) is 5.73 Å². The van der Waals surface area contributed by atoms with Gasteiger partial charge in [-0.15, -0.1) is 0 Å². The molecule has 0 amide bonds. The van der Waals surface area contributed by atoms with Gasteiger partial charge in [0, 0.05) is 25.1 Å². The molecule has 8 nitrogen and oxygen atoms in total. The number of benzene rings is 2. The van der Waals surface area contributed by atoms with E-state index in [1.165, 1.54) is 42.6 Å². The van der Waals surface area contributed by atoms with E-state index < -0.39 is 5.60 Å². The first-order valence-corrected chi connectivity index (χ1v) is 14.7. The average Bonchev–Trinajstić information content (AvgIpc) is 3.59. The van der Waals surface area contributed by atoms with Crippen molar-refractivity contribution in [3.05, 3.63) is 65.0 Å². The Morgan fingerprint density at radius 1 is 0.975 bits per heavy atom. The highest BCUT2D eigenvalue weighted by atomic mass is 16.5. The minimum atomic E-state index is -0.446. The van der Waals surface area contributed by atoms with Gasteiger partial charge >= 0.3 is 0 Å². The van der Waals surface area contributed by atoms with E-state index in [-0.39, 0.29) is 0 Å². The largest absolute Gasteiger partial charge is 0.382 e. The Kier molecular flexibility index (Phi) is 9.00. The minimum Gasteiger partial charge on any atom is -0.382 e. The summed E-state index contributed by atoms with van der Waals surface area (Å²) in [5.74, 6) is 1.25. The molecule has 0 bridgehead atoms. The van der Waals surface area contributed by atoms with Crippen LogP contribution in [0.1, 0.15) is 56.1 Å². The molecule has 40 heavy (non-hydrogen) atoms. The van der Waals surface area contributed by atoms with Gasteiger partial charge in [0.25, 0.3) is 0 Å². The number of nitrogen functional groups attached to an aromatic ring is 1. The molecule has 5 rings (SSSR count). The fraction of sp³-hybridized carbons (Fsp3) is 0.500. The maximum atomic E-state index is 6.49. The van der Waals surface area contributed by atoms with Crippen LogP contribution in [0, 0.1) is 0 Å². The third-order valence-electron chi connectivity index (χ3n) is 7.78. The quantitative estimate of drug-likeness (QED) is 0.252. The Balaban J connectivity index is 1.42. The summed E-state index contributed by atoms with van der Waals surface area (Å²) in [7, 11) is 0. The summed E-state index contributed by atoms with van der Waals surface area (Å²) in [5, 5.41) is 1.02. The standard InChI is InChI=1S/C32H44N6O2/c1-4-39-21-28-36-29-30(38(28)22-32(2,3)40-18-14-33)26-12-11-25(20-27(26)35-31(29)34)19-24-9-7-23(8-10-24)13-17-37-15-5-6-16-37/h7-12,20H,4-6,13-19,21-22,33H2,1-3H3,(H2,34,35). The summed E-state index contributed by atoms with van der Waals surface area (Å²) in [6.45, 7) is 12.3. The molecule has 0 saturated carbocycles. The molecule has 4 N–H and O–H groups in total. The molecule has 4 aromatic rings. The van der Waals surface area contributed by atoms with Gasteiger partial charge in [-0.2, -0.15) is 0 Å². The fourth-order valence-electron chi connectivity index (χ4n) is 5.70. The Morgan fingerprint density at radius 3 is 2.42 bits per heavy atom. The Hall–Kier alpha value is -3.04. The van der Waals surface area contributed by atoms with E-state index in [0.717, 1.165) is 41.6 Å². The highest BCUT2D eigenvalue weighted by Gasteiger charge is 2.25. The summed E-state index contributed by atoms with van der Waals surface area (Å²) in [6.07, 6.45) is 4.64. The van der Waals surface area contributed by atoms with Gasteiger partial charge in [-0.25, -0.2) is 9.97 Å². The van der Waals surface area contributed by atoms with Crippen molar-refractivity contribution < 1.29 is 9.47 Å². The van der Waals surface area contributed by atoms with E-state index >= 15 is 0 Å². The second kappa shape index (κ2) is 12.6. The topological polar surface area (TPSA) is 104 Å². The maximum absolute atomic E-state index is 6.49. The third kappa shape index (κ3) is 6.63. The van der Waals surface area contributed by atoms with Crippen LogP contribution in [0.4, 0.5) is 5.82 Å². The normalized spacial score (nSPS) is 14.6. The predicted octanol–water partition coefficient (Wildman–Crippen LogP) is 4.69. The summed E-state index contributed by atoms with van der Waals surface area (Å²) < 4.78 is 14.0. The van der Waals surface area contributed by atoms with Crippen LogP contribution in [0.2, 0.25) is 0 Å². The average molecular weight is 545 g/mol. The number of nitrogens with two attached hydrogens (primary N) is 2. The second-order valence-corrected chi connectivity index (χ2v) is 11.5. The number of imidazole rings is 1. The van der Waals surface area contributed by atoms with E-state index in [4.69, 9.17) is 30.9 Å². The fourth-order valence-corrected chi connectivity index (χ4v) is 5.70. The SMILES string of the molecule is CCOCc1nc2c(N)nc3cc(Cc4ccc(CCN5CCCC5)cc4)ccc3c2n1CC(C)(C)OCCN. The third-order valence-corrected chi connectivity index (χ3v) is 7.78. The van der Waals surface area contributed by atoms with Gasteiger partial charge in [0.1, 0.15) is 17.9 Å². The van der Waals surface area contributed by atoms with Crippen LogP contribution in [-0.4, -0.2) is 64.4 Å². The van der Waals surface area contributed by atoms with Gasteiger partial charge in [-0.3, -0.25) is 0 Å². The summed E-state index contributed by atoms with van der Waals surface area (Å²) in [4.78, 5) is 12.2. The number of likely N-dealkylation sites (tertiary alicyclic amines) is 1. The molecule has 1 saturated heterocycles. The van der Waals surface area contributed by atoms with Gasteiger partial charge in [0.05, 0.1) is 29.8 Å². The van der Waals surface area contributed by atoms with Crippen LogP contribution in [0.3, 0.4) is 0 Å². The highest BCUT2D eigenvalue weighted by molar-refractivity contribution is 6.06. The number of hydrogen-bond acceptors (Lipinski definition) is 7. The molecule has 1 fully saturated rings. The molecule has 2 aromatic heterocycles. The van der Waals surface area contributed by atoms with Crippen LogP contribution in [-0.2, 0) is 35.5 Å². The lowest BCUT2D eigenvalue weighted by atomic mass is 10.0. The van der Waals surface area contributed by atoms with Gasteiger partial charge < -0.3 is 30.4 Å². The van der Waals surface area contributed by atoms with Crippen LogP contribution in [0.15, 0.2) is 42.5 Å². The Morgan fingerprint density at radius 2 is 1.70 bits per heavy atom. The van der Waals surface area contributed by atoms with E-state index in [0.29, 0.717) is 44.2 Å². The van der Waals surface area contributed by atoms with Crippen molar-refractivity contribution in [3.63, 3.8) is 0 Å². The molecule has 1 aliphatic rings. The summed E-state index contributed by atoms with van der Waals surface area (Å²) >= 11 is 0. The van der Waals surface area contributed by atoms with Crippen molar-refractivity contribution in [1.82, 2.24) is 19.4 Å².